The predicted octanol–water partition coefficient (Wildman–Crippen LogP) is 2.56. The third-order valence-corrected chi connectivity index (χ3v) is 3.60. The van der Waals surface area contributed by atoms with E-state index in [0.29, 0.717) is 5.01 Å². The average Bonchev–Trinajstić information content (AvgIpc) is 2.88. The van der Waals surface area contributed by atoms with Gasteiger partial charge in [-0.05, 0) is 12.1 Å². The molecule has 5 nitrogen and oxygen atoms in total. The highest BCUT2D eigenvalue weighted by Gasteiger charge is 2.14. The van der Waals surface area contributed by atoms with Gasteiger partial charge in [-0.15, -0.1) is 11.3 Å². The summed E-state index contributed by atoms with van der Waals surface area (Å²) in [6.07, 6.45) is 0. The maximum absolute atomic E-state index is 13.2. The predicted molar refractivity (Wildman–Crippen MR) is 71.7 cm³/mol. The minimum Gasteiger partial charge on any atom is -0.476 e. The van der Waals surface area contributed by atoms with Crippen molar-refractivity contribution in [2.75, 3.05) is 0 Å². The number of nitrogens with one attached hydrogen (secondary N) is 1. The molecule has 0 aliphatic heterocycles. The minimum atomic E-state index is -1.13. The van der Waals surface area contributed by atoms with Crippen molar-refractivity contribution >= 4 is 34.8 Å². The molecule has 0 spiro atoms. The molecule has 0 aliphatic rings. The number of hydrogen-bond acceptors (Lipinski definition) is 4. The number of carbonyl (C=O) groups is 2. The third-order valence-electron chi connectivity index (χ3n) is 2.37. The summed E-state index contributed by atoms with van der Waals surface area (Å²) in [6, 6.07) is 3.92. The molecule has 0 saturated carbocycles. The molecular formula is C12H8ClFN2O3S. The standard InChI is InChI=1S/C12H8ClFN2O3S/c13-10-6(2-1-3-7(10)14)11(17)15-4-9-16-8(5-20-9)12(18)19/h1-3,5H,4H2,(H,15,17)(H,18,19). The van der Waals surface area contributed by atoms with Crippen LogP contribution in [0.25, 0.3) is 0 Å². The molecule has 104 valence electrons. The number of aromatic nitrogens is 1. The average molecular weight is 315 g/mol. The molecule has 0 radical (unpaired) electrons. The quantitative estimate of drug-likeness (QED) is 0.909. The largest absolute Gasteiger partial charge is 0.476 e. The van der Waals surface area contributed by atoms with E-state index >= 15 is 0 Å². The number of halogens is 2. The zero-order chi connectivity index (χ0) is 14.7. The van der Waals surface area contributed by atoms with Crippen LogP contribution in [0.5, 0.6) is 0 Å². The monoisotopic (exact) mass is 314 g/mol. The number of amides is 1. The summed E-state index contributed by atoms with van der Waals surface area (Å²) >= 11 is 6.80. The molecule has 1 aromatic carbocycles. The van der Waals surface area contributed by atoms with E-state index < -0.39 is 17.7 Å². The number of carbonyl (C=O) groups excluding carboxylic acids is 1. The molecule has 0 atom stereocenters. The van der Waals surface area contributed by atoms with Gasteiger partial charge in [0.1, 0.15) is 10.8 Å². The van der Waals surface area contributed by atoms with E-state index in [0.717, 1.165) is 17.4 Å². The van der Waals surface area contributed by atoms with Crippen molar-refractivity contribution in [3.05, 3.63) is 50.7 Å². The van der Waals surface area contributed by atoms with Crippen LogP contribution in [0.2, 0.25) is 5.02 Å². The van der Waals surface area contributed by atoms with Gasteiger partial charge < -0.3 is 10.4 Å². The fourth-order valence-electron chi connectivity index (χ4n) is 1.42. The van der Waals surface area contributed by atoms with Crippen molar-refractivity contribution in [1.29, 1.82) is 0 Å². The fourth-order valence-corrected chi connectivity index (χ4v) is 2.34. The van der Waals surface area contributed by atoms with Crippen molar-refractivity contribution in [3.8, 4) is 0 Å². The van der Waals surface area contributed by atoms with E-state index in [1.165, 1.54) is 17.5 Å². The van der Waals surface area contributed by atoms with Crippen LogP contribution in [0.1, 0.15) is 25.9 Å². The molecule has 20 heavy (non-hydrogen) atoms. The molecule has 1 heterocycles. The molecule has 0 fully saturated rings. The summed E-state index contributed by atoms with van der Waals surface area (Å²) in [5.41, 5.74) is -0.0651. The van der Waals surface area contributed by atoms with E-state index in [4.69, 9.17) is 16.7 Å². The maximum Gasteiger partial charge on any atom is 0.355 e. The van der Waals surface area contributed by atoms with E-state index in [9.17, 15) is 14.0 Å². The van der Waals surface area contributed by atoms with Gasteiger partial charge in [0.05, 0.1) is 17.1 Å². The molecule has 0 saturated heterocycles. The van der Waals surface area contributed by atoms with Crippen LogP contribution in [0.15, 0.2) is 23.6 Å². The lowest BCUT2D eigenvalue weighted by atomic mass is 10.2. The van der Waals surface area contributed by atoms with Crippen LogP contribution >= 0.6 is 22.9 Å². The van der Waals surface area contributed by atoms with Gasteiger partial charge in [0.2, 0.25) is 0 Å². The van der Waals surface area contributed by atoms with Crippen LogP contribution in [-0.2, 0) is 6.54 Å². The number of benzene rings is 1. The van der Waals surface area contributed by atoms with E-state index in [1.54, 1.807) is 0 Å². The molecule has 0 aliphatic carbocycles. The maximum atomic E-state index is 13.2. The van der Waals surface area contributed by atoms with Gasteiger partial charge in [-0.2, -0.15) is 0 Å². The Morgan fingerprint density at radius 1 is 1.45 bits per heavy atom. The number of rotatable bonds is 4. The molecule has 0 unspecified atom stereocenters. The number of carboxylic acids is 1. The van der Waals surface area contributed by atoms with Crippen LogP contribution in [0.3, 0.4) is 0 Å². The highest BCUT2D eigenvalue weighted by Crippen LogP contribution is 2.19. The minimum absolute atomic E-state index is 0.0154. The van der Waals surface area contributed by atoms with E-state index in [-0.39, 0.29) is 22.8 Å². The van der Waals surface area contributed by atoms with Crippen LogP contribution in [0, 0.1) is 5.82 Å². The van der Waals surface area contributed by atoms with Crippen molar-refractivity contribution in [1.82, 2.24) is 10.3 Å². The van der Waals surface area contributed by atoms with Crippen LogP contribution < -0.4 is 5.32 Å². The Morgan fingerprint density at radius 2 is 2.20 bits per heavy atom. The van der Waals surface area contributed by atoms with Crippen molar-refractivity contribution in [2.24, 2.45) is 0 Å². The zero-order valence-electron chi connectivity index (χ0n) is 9.89. The van der Waals surface area contributed by atoms with Gasteiger partial charge in [-0.25, -0.2) is 14.2 Å². The summed E-state index contributed by atoms with van der Waals surface area (Å²) in [5.74, 6) is -2.37. The number of nitrogens with zero attached hydrogens (tertiary/aromatic N) is 1. The number of carboxylic acid groups (broad SMARTS) is 1. The van der Waals surface area contributed by atoms with Gasteiger partial charge in [0.15, 0.2) is 5.69 Å². The Morgan fingerprint density at radius 3 is 2.85 bits per heavy atom. The van der Waals surface area contributed by atoms with Gasteiger partial charge in [0, 0.05) is 5.38 Å². The normalized spacial score (nSPS) is 10.3. The molecule has 8 heteroatoms. The summed E-state index contributed by atoms with van der Waals surface area (Å²) in [6.45, 7) is 0.0453. The van der Waals surface area contributed by atoms with E-state index in [1.807, 2.05) is 0 Å². The molecule has 2 N–H and O–H groups in total. The fraction of sp³-hybridized carbons (Fsp3) is 0.0833. The molecule has 1 amide bonds. The van der Waals surface area contributed by atoms with Crippen LogP contribution in [0.4, 0.5) is 4.39 Å². The molecule has 0 bridgehead atoms. The number of hydrogen-bond donors (Lipinski definition) is 2. The summed E-state index contributed by atoms with van der Waals surface area (Å²) < 4.78 is 13.2. The number of aromatic carboxylic acids is 1. The van der Waals surface area contributed by atoms with Gasteiger partial charge in [0.25, 0.3) is 5.91 Å². The van der Waals surface area contributed by atoms with Gasteiger partial charge in [-0.1, -0.05) is 17.7 Å². The zero-order valence-corrected chi connectivity index (χ0v) is 11.5. The van der Waals surface area contributed by atoms with Crippen molar-refractivity contribution in [3.63, 3.8) is 0 Å². The lowest BCUT2D eigenvalue weighted by molar-refractivity contribution is 0.0691. The first-order valence-electron chi connectivity index (χ1n) is 5.39. The second-order valence-electron chi connectivity index (χ2n) is 3.72. The molecular weight excluding hydrogens is 307 g/mol. The summed E-state index contributed by atoms with van der Waals surface area (Å²) in [5, 5.41) is 12.8. The first-order chi connectivity index (χ1) is 9.49. The Bertz CT molecular complexity index is 674. The Kier molecular flexibility index (Phi) is 4.31. The first-order valence-corrected chi connectivity index (χ1v) is 6.64. The highest BCUT2D eigenvalue weighted by molar-refractivity contribution is 7.09. The molecule has 2 rings (SSSR count). The van der Waals surface area contributed by atoms with Gasteiger partial charge in [-0.3, -0.25) is 4.79 Å². The van der Waals surface area contributed by atoms with Gasteiger partial charge >= 0.3 is 5.97 Å². The highest BCUT2D eigenvalue weighted by atomic mass is 35.5. The Hall–Kier alpha value is -1.99. The Balaban J connectivity index is 2.05. The number of thiazole rings is 1. The second-order valence-corrected chi connectivity index (χ2v) is 5.04. The smallest absolute Gasteiger partial charge is 0.355 e. The Labute approximate surface area is 122 Å². The van der Waals surface area contributed by atoms with Crippen molar-refractivity contribution < 1.29 is 19.1 Å². The van der Waals surface area contributed by atoms with Crippen molar-refractivity contribution in [2.45, 2.75) is 6.54 Å². The third kappa shape index (κ3) is 3.12. The molecule has 2 aromatic rings. The lowest BCUT2D eigenvalue weighted by Crippen LogP contribution is -2.23. The lowest BCUT2D eigenvalue weighted by Gasteiger charge is -2.05. The first kappa shape index (κ1) is 14.4. The second kappa shape index (κ2) is 5.98. The topological polar surface area (TPSA) is 79.3 Å². The SMILES string of the molecule is O=C(O)c1csc(CNC(=O)c2cccc(F)c2Cl)n1. The van der Waals surface area contributed by atoms with Crippen LogP contribution in [-0.4, -0.2) is 22.0 Å². The summed E-state index contributed by atoms with van der Waals surface area (Å²) in [4.78, 5) is 26.3. The molecule has 1 aromatic heterocycles. The summed E-state index contributed by atoms with van der Waals surface area (Å²) in [7, 11) is 0. The van der Waals surface area contributed by atoms with E-state index in [2.05, 4.69) is 10.3 Å².